The maximum absolute atomic E-state index is 11.7. The van der Waals surface area contributed by atoms with Gasteiger partial charge in [0.15, 0.2) is 11.5 Å². The SMILES string of the molecule is CC(C)CNC(=O)CSCc1cc(Cl)c2c(c1)OCCCO2. The predicted octanol–water partition coefficient (Wildman–Crippen LogP) is 3.51. The molecule has 1 amide bonds. The van der Waals surface area contributed by atoms with Crippen LogP contribution in [-0.4, -0.2) is 31.4 Å². The lowest BCUT2D eigenvalue weighted by Gasteiger charge is -2.11. The van der Waals surface area contributed by atoms with Crippen molar-refractivity contribution in [1.29, 1.82) is 0 Å². The summed E-state index contributed by atoms with van der Waals surface area (Å²) in [6.07, 6.45) is 0.852. The van der Waals surface area contributed by atoms with Crippen LogP contribution in [0.3, 0.4) is 0 Å². The Morgan fingerprint density at radius 2 is 2.14 bits per heavy atom. The molecule has 0 spiro atoms. The van der Waals surface area contributed by atoms with Crippen LogP contribution in [0.25, 0.3) is 0 Å². The molecule has 1 aliphatic rings. The number of halogens is 1. The number of carbonyl (C=O) groups excluding carboxylic acids is 1. The molecule has 1 aromatic rings. The molecule has 2 rings (SSSR count). The first-order valence-corrected chi connectivity index (χ1v) is 9.02. The Hall–Kier alpha value is -1.07. The fourth-order valence-corrected chi connectivity index (χ4v) is 3.08. The monoisotopic (exact) mass is 343 g/mol. The predicted molar refractivity (Wildman–Crippen MR) is 91.1 cm³/mol. The van der Waals surface area contributed by atoms with Crippen molar-refractivity contribution in [2.24, 2.45) is 5.92 Å². The van der Waals surface area contributed by atoms with Gasteiger partial charge in [0.25, 0.3) is 0 Å². The summed E-state index contributed by atoms with van der Waals surface area (Å²) < 4.78 is 11.3. The zero-order valence-electron chi connectivity index (χ0n) is 13.0. The van der Waals surface area contributed by atoms with Gasteiger partial charge in [-0.05, 0) is 23.6 Å². The summed E-state index contributed by atoms with van der Waals surface area (Å²) in [7, 11) is 0. The molecular weight excluding hydrogens is 322 g/mol. The molecule has 1 aromatic carbocycles. The van der Waals surface area contributed by atoms with Crippen molar-refractivity contribution in [1.82, 2.24) is 5.32 Å². The first kappa shape index (κ1) is 17.3. The minimum atomic E-state index is 0.0686. The zero-order chi connectivity index (χ0) is 15.9. The lowest BCUT2D eigenvalue weighted by atomic mass is 10.2. The van der Waals surface area contributed by atoms with Crippen LogP contribution in [0.1, 0.15) is 25.8 Å². The maximum Gasteiger partial charge on any atom is 0.230 e. The smallest absolute Gasteiger partial charge is 0.230 e. The molecule has 0 unspecified atom stereocenters. The van der Waals surface area contributed by atoms with Crippen molar-refractivity contribution in [3.05, 3.63) is 22.7 Å². The minimum absolute atomic E-state index is 0.0686. The van der Waals surface area contributed by atoms with E-state index in [1.165, 1.54) is 0 Å². The number of benzene rings is 1. The summed E-state index contributed by atoms with van der Waals surface area (Å²) in [4.78, 5) is 11.7. The van der Waals surface area contributed by atoms with Gasteiger partial charge in [-0.3, -0.25) is 4.79 Å². The Morgan fingerprint density at radius 3 is 2.91 bits per heavy atom. The molecule has 1 N–H and O–H groups in total. The summed E-state index contributed by atoms with van der Waals surface area (Å²) in [5.74, 6) is 3.02. The van der Waals surface area contributed by atoms with Gasteiger partial charge in [-0.1, -0.05) is 25.4 Å². The second kappa shape index (κ2) is 8.53. The third-order valence-corrected chi connectivity index (χ3v) is 4.36. The van der Waals surface area contributed by atoms with Gasteiger partial charge in [-0.25, -0.2) is 0 Å². The van der Waals surface area contributed by atoms with Gasteiger partial charge >= 0.3 is 0 Å². The van der Waals surface area contributed by atoms with E-state index in [9.17, 15) is 4.79 Å². The molecule has 6 heteroatoms. The number of rotatable bonds is 6. The van der Waals surface area contributed by atoms with Crippen molar-refractivity contribution in [2.45, 2.75) is 26.0 Å². The van der Waals surface area contributed by atoms with Gasteiger partial charge in [0.1, 0.15) is 0 Å². The highest BCUT2D eigenvalue weighted by molar-refractivity contribution is 7.99. The number of hydrogen-bond donors (Lipinski definition) is 1. The molecular formula is C16H22ClNO3S. The molecule has 1 aliphatic heterocycles. The average Bonchev–Trinajstić information content (AvgIpc) is 2.71. The molecule has 1 heterocycles. The van der Waals surface area contributed by atoms with Crippen LogP contribution in [0.5, 0.6) is 11.5 Å². The summed E-state index contributed by atoms with van der Waals surface area (Å²) >= 11 is 7.82. The molecule has 0 aromatic heterocycles. The van der Waals surface area contributed by atoms with E-state index in [0.717, 1.165) is 18.5 Å². The van der Waals surface area contributed by atoms with Crippen LogP contribution in [0, 0.1) is 5.92 Å². The third kappa shape index (κ3) is 5.29. The van der Waals surface area contributed by atoms with Crippen LogP contribution in [-0.2, 0) is 10.5 Å². The van der Waals surface area contributed by atoms with Crippen molar-refractivity contribution in [3.63, 3.8) is 0 Å². The van der Waals surface area contributed by atoms with E-state index in [2.05, 4.69) is 19.2 Å². The van der Waals surface area contributed by atoms with E-state index in [4.69, 9.17) is 21.1 Å². The number of hydrogen-bond acceptors (Lipinski definition) is 4. The average molecular weight is 344 g/mol. The quantitative estimate of drug-likeness (QED) is 0.858. The van der Waals surface area contributed by atoms with Gasteiger partial charge < -0.3 is 14.8 Å². The molecule has 0 saturated heterocycles. The Kier molecular flexibility index (Phi) is 6.70. The van der Waals surface area contributed by atoms with Crippen molar-refractivity contribution >= 4 is 29.3 Å². The maximum atomic E-state index is 11.7. The molecule has 4 nitrogen and oxygen atoms in total. The van der Waals surface area contributed by atoms with Crippen LogP contribution in [0.4, 0.5) is 0 Å². The summed E-state index contributed by atoms with van der Waals surface area (Å²) in [5, 5.41) is 3.48. The Morgan fingerprint density at radius 1 is 1.36 bits per heavy atom. The molecule has 0 radical (unpaired) electrons. The van der Waals surface area contributed by atoms with Gasteiger partial charge in [0.2, 0.25) is 5.91 Å². The lowest BCUT2D eigenvalue weighted by molar-refractivity contribution is -0.118. The highest BCUT2D eigenvalue weighted by Gasteiger charge is 2.15. The first-order valence-electron chi connectivity index (χ1n) is 7.48. The molecule has 0 atom stereocenters. The number of thioether (sulfide) groups is 1. The second-order valence-corrected chi connectivity index (χ2v) is 7.04. The second-order valence-electron chi connectivity index (χ2n) is 5.65. The van der Waals surface area contributed by atoms with Gasteiger partial charge in [-0.2, -0.15) is 0 Å². The molecule has 0 aliphatic carbocycles. The summed E-state index contributed by atoms with van der Waals surface area (Å²) in [6.45, 7) is 6.13. The standard InChI is InChI=1S/C16H22ClNO3S/c1-11(2)8-18-15(19)10-22-9-12-6-13(17)16-14(7-12)20-4-3-5-21-16/h6-7,11H,3-5,8-10H2,1-2H3,(H,18,19). The fourth-order valence-electron chi connectivity index (χ4n) is 2.00. The Balaban J connectivity index is 1.87. The molecule has 22 heavy (non-hydrogen) atoms. The van der Waals surface area contributed by atoms with Crippen molar-refractivity contribution in [2.75, 3.05) is 25.5 Å². The molecule has 0 saturated carbocycles. The number of ether oxygens (including phenoxy) is 2. The van der Waals surface area contributed by atoms with E-state index in [1.54, 1.807) is 11.8 Å². The van der Waals surface area contributed by atoms with Gasteiger partial charge in [0.05, 0.1) is 24.0 Å². The van der Waals surface area contributed by atoms with Crippen molar-refractivity contribution < 1.29 is 14.3 Å². The van der Waals surface area contributed by atoms with Crippen LogP contribution in [0.2, 0.25) is 5.02 Å². The minimum Gasteiger partial charge on any atom is -0.489 e. The molecule has 0 fully saturated rings. The first-order chi connectivity index (χ1) is 10.6. The molecule has 0 bridgehead atoms. The van der Waals surface area contributed by atoms with Gasteiger partial charge in [-0.15, -0.1) is 11.8 Å². The zero-order valence-corrected chi connectivity index (χ0v) is 14.6. The van der Waals surface area contributed by atoms with E-state index < -0.39 is 0 Å². The Labute approximate surface area is 140 Å². The number of carbonyl (C=O) groups is 1. The van der Waals surface area contributed by atoms with Crippen LogP contribution in [0.15, 0.2) is 12.1 Å². The van der Waals surface area contributed by atoms with Gasteiger partial charge in [0, 0.05) is 18.7 Å². The number of amides is 1. The van der Waals surface area contributed by atoms with E-state index >= 15 is 0 Å². The van der Waals surface area contributed by atoms with Crippen LogP contribution >= 0.6 is 23.4 Å². The number of fused-ring (bicyclic) bond motifs is 1. The summed E-state index contributed by atoms with van der Waals surface area (Å²) in [5.41, 5.74) is 1.04. The largest absolute Gasteiger partial charge is 0.489 e. The summed E-state index contributed by atoms with van der Waals surface area (Å²) in [6, 6.07) is 3.83. The van der Waals surface area contributed by atoms with E-state index in [0.29, 0.717) is 47.2 Å². The fraction of sp³-hybridized carbons (Fsp3) is 0.562. The highest BCUT2D eigenvalue weighted by Crippen LogP contribution is 2.38. The Bertz CT molecular complexity index is 522. The topological polar surface area (TPSA) is 47.6 Å². The van der Waals surface area contributed by atoms with E-state index in [1.807, 2.05) is 12.1 Å². The normalized spacial score (nSPS) is 13.8. The third-order valence-electron chi connectivity index (χ3n) is 3.07. The molecule has 122 valence electrons. The van der Waals surface area contributed by atoms with E-state index in [-0.39, 0.29) is 5.91 Å². The van der Waals surface area contributed by atoms with Crippen LogP contribution < -0.4 is 14.8 Å². The highest BCUT2D eigenvalue weighted by atomic mass is 35.5. The number of nitrogens with one attached hydrogen (secondary N) is 1. The lowest BCUT2D eigenvalue weighted by Crippen LogP contribution is -2.28. The van der Waals surface area contributed by atoms with Crippen molar-refractivity contribution in [3.8, 4) is 11.5 Å².